The van der Waals surface area contributed by atoms with E-state index >= 15 is 0 Å². The molecule has 0 aromatic heterocycles. The van der Waals surface area contributed by atoms with Gasteiger partial charge in [0.2, 0.25) is 0 Å². The minimum Gasteiger partial charge on any atom is -0.456 e. The molecule has 0 aliphatic rings. The molecule has 0 aliphatic heterocycles. The van der Waals surface area contributed by atoms with Crippen molar-refractivity contribution in [1.29, 1.82) is 0 Å². The molecule has 0 saturated heterocycles. The molecule has 4 nitrogen and oxygen atoms in total. The van der Waals surface area contributed by atoms with Gasteiger partial charge >= 0.3 is 5.97 Å². The average molecular weight is 264 g/mol. The summed E-state index contributed by atoms with van der Waals surface area (Å²) >= 11 is 0. The van der Waals surface area contributed by atoms with Crippen molar-refractivity contribution in [3.63, 3.8) is 0 Å². The van der Waals surface area contributed by atoms with Gasteiger partial charge in [-0.1, -0.05) is 12.1 Å². The number of hydrogen-bond donors (Lipinski definition) is 2. The Morgan fingerprint density at radius 1 is 1.16 bits per heavy atom. The monoisotopic (exact) mass is 264 g/mol. The smallest absolute Gasteiger partial charge is 0.338 e. The molecule has 4 N–H and O–H groups in total. The maximum atomic E-state index is 12.2. The molecule has 0 aliphatic carbocycles. The van der Waals surface area contributed by atoms with E-state index in [9.17, 15) is 4.79 Å². The Labute approximate surface area is 115 Å². The molecule has 19 heavy (non-hydrogen) atoms. The fourth-order valence-electron chi connectivity index (χ4n) is 1.84. The maximum Gasteiger partial charge on any atom is 0.338 e. The van der Waals surface area contributed by atoms with Crippen molar-refractivity contribution < 1.29 is 9.53 Å². The number of rotatable bonds is 5. The fraction of sp³-hybridized carbons (Fsp3) is 0.533. The summed E-state index contributed by atoms with van der Waals surface area (Å²) in [5.74, 6) is -0.296. The predicted molar refractivity (Wildman–Crippen MR) is 77.1 cm³/mol. The molecule has 1 aromatic rings. The van der Waals surface area contributed by atoms with Gasteiger partial charge in [-0.25, -0.2) is 4.79 Å². The second-order valence-electron chi connectivity index (χ2n) is 5.57. The standard InChI is InChI=1S/C15H24N2O2/c1-15(2,3)19-14(18)13-10-11(6-8-16)4-5-12(13)7-9-17/h4-5,10H,6-9,16-17H2,1-3H3. The zero-order valence-corrected chi connectivity index (χ0v) is 12.0. The van der Waals surface area contributed by atoms with Gasteiger partial charge in [-0.3, -0.25) is 0 Å². The van der Waals surface area contributed by atoms with E-state index in [2.05, 4.69) is 0 Å². The molecule has 106 valence electrons. The van der Waals surface area contributed by atoms with Crippen LogP contribution >= 0.6 is 0 Å². The molecule has 0 saturated carbocycles. The van der Waals surface area contributed by atoms with Gasteiger partial charge in [0.1, 0.15) is 5.60 Å². The Morgan fingerprint density at radius 2 is 1.79 bits per heavy atom. The normalized spacial score (nSPS) is 11.4. The second-order valence-corrected chi connectivity index (χ2v) is 5.57. The summed E-state index contributed by atoms with van der Waals surface area (Å²) in [4.78, 5) is 12.2. The van der Waals surface area contributed by atoms with Crippen LogP contribution in [0.5, 0.6) is 0 Å². The van der Waals surface area contributed by atoms with Gasteiger partial charge in [0, 0.05) is 0 Å². The molecule has 4 heteroatoms. The minimum atomic E-state index is -0.499. The lowest BCUT2D eigenvalue weighted by Crippen LogP contribution is -2.25. The van der Waals surface area contributed by atoms with E-state index in [4.69, 9.17) is 16.2 Å². The number of hydrogen-bond acceptors (Lipinski definition) is 4. The van der Waals surface area contributed by atoms with E-state index in [1.54, 1.807) is 0 Å². The molecular weight excluding hydrogens is 240 g/mol. The van der Waals surface area contributed by atoms with Crippen LogP contribution in [-0.2, 0) is 17.6 Å². The van der Waals surface area contributed by atoms with E-state index in [1.807, 2.05) is 39.0 Å². The number of ether oxygens (including phenoxy) is 1. The second kappa shape index (κ2) is 6.68. The molecule has 0 fully saturated rings. The Morgan fingerprint density at radius 3 is 2.32 bits per heavy atom. The number of carbonyl (C=O) groups is 1. The summed E-state index contributed by atoms with van der Waals surface area (Å²) in [6.07, 6.45) is 1.41. The van der Waals surface area contributed by atoms with Gasteiger partial charge in [0.15, 0.2) is 0 Å². The number of carbonyl (C=O) groups excluding carboxylic acids is 1. The molecule has 0 atom stereocenters. The number of benzene rings is 1. The first-order valence-electron chi connectivity index (χ1n) is 6.62. The zero-order chi connectivity index (χ0) is 14.5. The molecule has 0 heterocycles. The lowest BCUT2D eigenvalue weighted by molar-refractivity contribution is 0.00683. The minimum absolute atomic E-state index is 0.296. The summed E-state index contributed by atoms with van der Waals surface area (Å²) in [5, 5.41) is 0. The lowest BCUT2D eigenvalue weighted by atomic mass is 9.99. The van der Waals surface area contributed by atoms with Crippen molar-refractivity contribution in [2.24, 2.45) is 11.5 Å². The third-order valence-corrected chi connectivity index (χ3v) is 2.64. The molecule has 0 unspecified atom stereocenters. The van der Waals surface area contributed by atoms with Gasteiger partial charge in [-0.2, -0.15) is 0 Å². The van der Waals surface area contributed by atoms with Gasteiger partial charge in [0.05, 0.1) is 5.56 Å². The zero-order valence-electron chi connectivity index (χ0n) is 12.0. The Hall–Kier alpha value is -1.39. The van der Waals surface area contributed by atoms with Crippen molar-refractivity contribution in [3.05, 3.63) is 34.9 Å². The van der Waals surface area contributed by atoms with Gasteiger partial charge in [-0.05, 0) is 63.9 Å². The Bertz CT molecular complexity index is 436. The van der Waals surface area contributed by atoms with Crippen LogP contribution in [0.4, 0.5) is 0 Å². The van der Waals surface area contributed by atoms with Crippen molar-refractivity contribution in [2.45, 2.75) is 39.2 Å². The highest BCUT2D eigenvalue weighted by Crippen LogP contribution is 2.18. The first kappa shape index (κ1) is 15.7. The topological polar surface area (TPSA) is 78.3 Å². The van der Waals surface area contributed by atoms with Crippen LogP contribution in [0, 0.1) is 0 Å². The number of esters is 1. The van der Waals surface area contributed by atoms with Crippen molar-refractivity contribution in [3.8, 4) is 0 Å². The lowest BCUT2D eigenvalue weighted by Gasteiger charge is -2.21. The molecule has 0 radical (unpaired) electrons. The van der Waals surface area contributed by atoms with Crippen LogP contribution in [0.15, 0.2) is 18.2 Å². The van der Waals surface area contributed by atoms with Crippen LogP contribution in [-0.4, -0.2) is 24.7 Å². The highest BCUT2D eigenvalue weighted by molar-refractivity contribution is 5.91. The molecular formula is C15H24N2O2. The highest BCUT2D eigenvalue weighted by atomic mass is 16.6. The van der Waals surface area contributed by atoms with Crippen LogP contribution in [0.1, 0.15) is 42.3 Å². The van der Waals surface area contributed by atoms with Crippen LogP contribution < -0.4 is 11.5 Å². The molecule has 0 spiro atoms. The van der Waals surface area contributed by atoms with Gasteiger partial charge in [0.25, 0.3) is 0 Å². The largest absolute Gasteiger partial charge is 0.456 e. The first-order chi connectivity index (χ1) is 8.87. The van der Waals surface area contributed by atoms with Gasteiger partial charge < -0.3 is 16.2 Å². The highest BCUT2D eigenvalue weighted by Gasteiger charge is 2.20. The Kier molecular flexibility index (Phi) is 5.51. The van der Waals surface area contributed by atoms with E-state index in [0.29, 0.717) is 25.1 Å². The SMILES string of the molecule is CC(C)(C)OC(=O)c1cc(CCN)ccc1CCN. The molecule has 1 aromatic carbocycles. The summed E-state index contributed by atoms with van der Waals surface area (Å²) < 4.78 is 5.43. The van der Waals surface area contributed by atoms with Crippen molar-refractivity contribution >= 4 is 5.97 Å². The van der Waals surface area contributed by atoms with E-state index < -0.39 is 5.60 Å². The third-order valence-electron chi connectivity index (χ3n) is 2.64. The van der Waals surface area contributed by atoms with Crippen LogP contribution in [0.2, 0.25) is 0 Å². The molecule has 1 rings (SSSR count). The fourth-order valence-corrected chi connectivity index (χ4v) is 1.84. The van der Waals surface area contributed by atoms with Crippen molar-refractivity contribution in [1.82, 2.24) is 0 Å². The predicted octanol–water partition coefficient (Wildman–Crippen LogP) is 1.64. The van der Waals surface area contributed by atoms with Gasteiger partial charge in [-0.15, -0.1) is 0 Å². The summed E-state index contributed by atoms with van der Waals surface area (Å²) in [6, 6.07) is 5.80. The summed E-state index contributed by atoms with van der Waals surface area (Å²) in [7, 11) is 0. The van der Waals surface area contributed by atoms with Crippen molar-refractivity contribution in [2.75, 3.05) is 13.1 Å². The Balaban J connectivity index is 3.05. The van der Waals surface area contributed by atoms with Crippen LogP contribution in [0.25, 0.3) is 0 Å². The third kappa shape index (κ3) is 5.01. The van der Waals surface area contributed by atoms with E-state index in [-0.39, 0.29) is 5.97 Å². The van der Waals surface area contributed by atoms with Crippen LogP contribution in [0.3, 0.4) is 0 Å². The maximum absolute atomic E-state index is 12.2. The number of nitrogens with two attached hydrogens (primary N) is 2. The van der Waals surface area contributed by atoms with E-state index in [1.165, 1.54) is 0 Å². The molecule has 0 bridgehead atoms. The quantitative estimate of drug-likeness (QED) is 0.793. The first-order valence-corrected chi connectivity index (χ1v) is 6.62. The average Bonchev–Trinajstić information content (AvgIpc) is 2.29. The van der Waals surface area contributed by atoms with E-state index in [0.717, 1.165) is 17.5 Å². The summed E-state index contributed by atoms with van der Waals surface area (Å²) in [5.41, 5.74) is 13.2. The summed E-state index contributed by atoms with van der Waals surface area (Å²) in [6.45, 7) is 6.64. The molecule has 0 amide bonds.